The lowest BCUT2D eigenvalue weighted by molar-refractivity contribution is -0.115. The third kappa shape index (κ3) is 0.857. The topological polar surface area (TPSA) is 37.3 Å². The van der Waals surface area contributed by atoms with E-state index in [-0.39, 0.29) is 17.3 Å². The number of aliphatic hydroxyl groups excluding tert-OH is 1. The van der Waals surface area contributed by atoms with Crippen LogP contribution >= 0.6 is 0 Å². The van der Waals surface area contributed by atoms with Gasteiger partial charge in [0.2, 0.25) is 0 Å². The van der Waals surface area contributed by atoms with E-state index in [1.54, 1.807) is 6.08 Å². The molecule has 0 amide bonds. The van der Waals surface area contributed by atoms with Crippen LogP contribution in [0.15, 0.2) is 11.6 Å². The van der Waals surface area contributed by atoms with E-state index in [0.717, 1.165) is 18.4 Å². The maximum atomic E-state index is 11.0. The van der Waals surface area contributed by atoms with Gasteiger partial charge in [0.25, 0.3) is 0 Å². The summed E-state index contributed by atoms with van der Waals surface area (Å²) in [5.41, 5.74) is 0.985. The first-order valence-electron chi connectivity index (χ1n) is 4.05. The minimum Gasteiger partial charge on any atom is -0.389 e. The summed E-state index contributed by atoms with van der Waals surface area (Å²) in [4.78, 5) is 11.0. The van der Waals surface area contributed by atoms with Crippen LogP contribution in [0, 0.1) is 5.41 Å². The Bertz CT molecular complexity index is 242. The fourth-order valence-electron chi connectivity index (χ4n) is 2.23. The summed E-state index contributed by atoms with van der Waals surface area (Å²) in [5.74, 6) is 0.182. The Morgan fingerprint density at radius 2 is 2.45 bits per heavy atom. The van der Waals surface area contributed by atoms with Crippen LogP contribution < -0.4 is 0 Å². The van der Waals surface area contributed by atoms with Gasteiger partial charge in [0.05, 0.1) is 6.10 Å². The number of rotatable bonds is 0. The fraction of sp³-hybridized carbons (Fsp3) is 0.667. The van der Waals surface area contributed by atoms with Gasteiger partial charge in [-0.3, -0.25) is 4.79 Å². The van der Waals surface area contributed by atoms with Crippen LogP contribution in [0.25, 0.3) is 0 Å². The lowest BCUT2D eigenvalue weighted by Crippen LogP contribution is -2.13. The maximum absolute atomic E-state index is 11.0. The van der Waals surface area contributed by atoms with Crippen LogP contribution in [0.4, 0.5) is 0 Å². The SMILES string of the molecule is CC12CC[C@@H](O)C1=CC(=O)C2. The lowest BCUT2D eigenvalue weighted by atomic mass is 9.85. The smallest absolute Gasteiger partial charge is 0.156 e. The van der Waals surface area contributed by atoms with Crippen LogP contribution in [0.1, 0.15) is 26.2 Å². The van der Waals surface area contributed by atoms with Crippen LogP contribution in [-0.2, 0) is 4.79 Å². The molecule has 60 valence electrons. The quantitative estimate of drug-likeness (QED) is 0.563. The molecule has 1 fully saturated rings. The molecule has 2 atom stereocenters. The summed E-state index contributed by atoms with van der Waals surface area (Å²) in [7, 11) is 0. The van der Waals surface area contributed by atoms with Gasteiger partial charge in [-0.05, 0) is 29.9 Å². The Hall–Kier alpha value is -0.630. The number of carbonyl (C=O) groups excluding carboxylic acids is 1. The minimum atomic E-state index is -0.341. The van der Waals surface area contributed by atoms with Gasteiger partial charge in [0, 0.05) is 6.42 Å². The standard InChI is InChI=1S/C9H12O2/c1-9-3-2-8(11)7(9)4-6(10)5-9/h4,8,11H,2-3,5H2,1H3/t8-,9?/m1/s1. The van der Waals surface area contributed by atoms with E-state index in [2.05, 4.69) is 6.92 Å². The van der Waals surface area contributed by atoms with E-state index < -0.39 is 0 Å². The number of hydrogen-bond acceptors (Lipinski definition) is 2. The minimum absolute atomic E-state index is 0.0104. The molecule has 2 nitrogen and oxygen atoms in total. The molecule has 11 heavy (non-hydrogen) atoms. The van der Waals surface area contributed by atoms with Crippen molar-refractivity contribution in [1.82, 2.24) is 0 Å². The van der Waals surface area contributed by atoms with Crippen molar-refractivity contribution in [3.63, 3.8) is 0 Å². The molecule has 0 spiro atoms. The van der Waals surface area contributed by atoms with Crippen molar-refractivity contribution >= 4 is 5.78 Å². The Kier molecular flexibility index (Phi) is 1.25. The van der Waals surface area contributed by atoms with Crippen LogP contribution in [-0.4, -0.2) is 17.0 Å². The van der Waals surface area contributed by atoms with Gasteiger partial charge in [0.15, 0.2) is 5.78 Å². The highest BCUT2D eigenvalue weighted by Gasteiger charge is 2.44. The van der Waals surface area contributed by atoms with Gasteiger partial charge >= 0.3 is 0 Å². The number of carbonyl (C=O) groups is 1. The molecule has 1 unspecified atom stereocenters. The third-order valence-corrected chi connectivity index (χ3v) is 2.91. The predicted octanol–water partition coefficient (Wildman–Crippen LogP) is 1.05. The summed E-state index contributed by atoms with van der Waals surface area (Å²) in [6.45, 7) is 2.07. The van der Waals surface area contributed by atoms with Crippen LogP contribution in [0.3, 0.4) is 0 Å². The van der Waals surface area contributed by atoms with Crippen LogP contribution in [0.2, 0.25) is 0 Å². The number of aliphatic hydroxyl groups is 1. The van der Waals surface area contributed by atoms with Crippen molar-refractivity contribution in [3.05, 3.63) is 11.6 Å². The molecule has 0 aromatic heterocycles. The summed E-state index contributed by atoms with van der Waals surface area (Å²) < 4.78 is 0. The first-order chi connectivity index (χ1) is 5.12. The van der Waals surface area contributed by atoms with Gasteiger partial charge in [-0.15, -0.1) is 0 Å². The van der Waals surface area contributed by atoms with Crippen molar-refractivity contribution in [2.24, 2.45) is 5.41 Å². The van der Waals surface area contributed by atoms with E-state index >= 15 is 0 Å². The lowest BCUT2D eigenvalue weighted by Gasteiger charge is -2.18. The number of allylic oxidation sites excluding steroid dienone is 1. The van der Waals surface area contributed by atoms with E-state index in [1.165, 1.54) is 0 Å². The number of hydrogen-bond donors (Lipinski definition) is 1. The maximum Gasteiger partial charge on any atom is 0.156 e. The molecule has 1 N–H and O–H groups in total. The van der Waals surface area contributed by atoms with Gasteiger partial charge in [0.1, 0.15) is 0 Å². The molecule has 0 aromatic carbocycles. The molecule has 0 aromatic rings. The van der Waals surface area contributed by atoms with Gasteiger partial charge in [-0.1, -0.05) is 6.92 Å². The normalized spacial score (nSPS) is 42.5. The molecule has 0 aliphatic heterocycles. The predicted molar refractivity (Wildman–Crippen MR) is 41.1 cm³/mol. The molecule has 0 heterocycles. The van der Waals surface area contributed by atoms with Gasteiger partial charge in [-0.25, -0.2) is 0 Å². The average molecular weight is 152 g/mol. The average Bonchev–Trinajstić information content (AvgIpc) is 2.32. The van der Waals surface area contributed by atoms with Gasteiger partial charge < -0.3 is 5.11 Å². The monoisotopic (exact) mass is 152 g/mol. The highest BCUT2D eigenvalue weighted by Crippen LogP contribution is 2.48. The molecule has 2 heteroatoms. The molecule has 2 aliphatic carbocycles. The number of ketones is 1. The Morgan fingerprint density at radius 1 is 1.73 bits per heavy atom. The molecular weight excluding hydrogens is 140 g/mol. The summed E-state index contributed by atoms with van der Waals surface area (Å²) in [5, 5.41) is 9.46. The molecule has 2 aliphatic rings. The first-order valence-corrected chi connectivity index (χ1v) is 4.05. The van der Waals surface area contributed by atoms with Gasteiger partial charge in [-0.2, -0.15) is 0 Å². The Balaban J connectivity index is 2.39. The Morgan fingerprint density at radius 3 is 3.09 bits per heavy atom. The second kappa shape index (κ2) is 1.95. The highest BCUT2D eigenvalue weighted by atomic mass is 16.3. The summed E-state index contributed by atoms with van der Waals surface area (Å²) >= 11 is 0. The molecule has 0 bridgehead atoms. The second-order valence-corrected chi connectivity index (χ2v) is 3.86. The molecular formula is C9H12O2. The zero-order valence-electron chi connectivity index (χ0n) is 6.63. The van der Waals surface area contributed by atoms with E-state index in [4.69, 9.17) is 0 Å². The summed E-state index contributed by atoms with van der Waals surface area (Å²) in [6.07, 6.45) is 3.70. The van der Waals surface area contributed by atoms with Crippen molar-refractivity contribution in [3.8, 4) is 0 Å². The number of fused-ring (bicyclic) bond motifs is 1. The fourth-order valence-corrected chi connectivity index (χ4v) is 2.23. The Labute approximate surface area is 65.9 Å². The van der Waals surface area contributed by atoms with Crippen molar-refractivity contribution in [2.45, 2.75) is 32.3 Å². The van der Waals surface area contributed by atoms with Crippen molar-refractivity contribution in [1.29, 1.82) is 0 Å². The van der Waals surface area contributed by atoms with Crippen LogP contribution in [0.5, 0.6) is 0 Å². The zero-order chi connectivity index (χ0) is 8.06. The molecule has 1 saturated carbocycles. The van der Waals surface area contributed by atoms with Crippen molar-refractivity contribution < 1.29 is 9.90 Å². The largest absolute Gasteiger partial charge is 0.389 e. The third-order valence-electron chi connectivity index (χ3n) is 2.91. The molecule has 0 saturated heterocycles. The first kappa shape index (κ1) is 7.04. The molecule has 2 rings (SSSR count). The second-order valence-electron chi connectivity index (χ2n) is 3.86. The molecule has 0 radical (unpaired) electrons. The van der Waals surface area contributed by atoms with E-state index in [1.807, 2.05) is 0 Å². The highest BCUT2D eigenvalue weighted by molar-refractivity contribution is 5.94. The zero-order valence-corrected chi connectivity index (χ0v) is 6.63. The van der Waals surface area contributed by atoms with E-state index in [0.29, 0.717) is 6.42 Å². The van der Waals surface area contributed by atoms with Crippen molar-refractivity contribution in [2.75, 3.05) is 0 Å². The van der Waals surface area contributed by atoms with E-state index in [9.17, 15) is 9.90 Å². The summed E-state index contributed by atoms with van der Waals surface area (Å²) in [6, 6.07) is 0.